The number of thiazole rings is 1. The number of amides is 1. The van der Waals surface area contributed by atoms with Crippen molar-refractivity contribution in [2.24, 2.45) is 5.10 Å². The number of fused-ring (bicyclic) bond motifs is 2. The summed E-state index contributed by atoms with van der Waals surface area (Å²) in [5, 5.41) is 8.10. The molecular formula is C28H21BrN4O3S3. The first-order valence-corrected chi connectivity index (χ1v) is 16.0. The van der Waals surface area contributed by atoms with Crippen molar-refractivity contribution < 1.29 is 13.2 Å². The number of halogens is 1. The number of hydrogen-bond acceptors (Lipinski definition) is 7. The molecule has 1 aliphatic rings. The highest BCUT2D eigenvalue weighted by Crippen LogP contribution is 2.32. The molecule has 2 aromatic heterocycles. The summed E-state index contributed by atoms with van der Waals surface area (Å²) in [6, 6.07) is 23.5. The molecule has 0 spiro atoms. The number of hydrazone groups is 1. The SMILES string of the molecule is O=C(c1ccc(S(=O)(=O)N2CCc3ccccc3C2)cc1)N(/N=C/c1cccs1)c1nc2ccc(Br)cc2s1. The molecule has 0 unspecified atom stereocenters. The largest absolute Gasteiger partial charge is 0.280 e. The third kappa shape index (κ3) is 5.32. The van der Waals surface area contributed by atoms with Crippen LogP contribution in [0.2, 0.25) is 0 Å². The van der Waals surface area contributed by atoms with E-state index in [4.69, 9.17) is 0 Å². The van der Waals surface area contributed by atoms with Crippen LogP contribution in [0.15, 0.2) is 98.7 Å². The molecule has 0 aliphatic carbocycles. The lowest BCUT2D eigenvalue weighted by Gasteiger charge is -2.28. The fraction of sp³-hybridized carbons (Fsp3) is 0.107. The van der Waals surface area contributed by atoms with E-state index in [1.54, 1.807) is 6.21 Å². The number of carbonyl (C=O) groups is 1. The van der Waals surface area contributed by atoms with E-state index in [1.165, 1.54) is 61.8 Å². The maximum Gasteiger partial charge on any atom is 0.280 e. The summed E-state index contributed by atoms with van der Waals surface area (Å²) in [7, 11) is -3.72. The molecular weight excluding hydrogens is 616 g/mol. The molecule has 0 fully saturated rings. The maximum absolute atomic E-state index is 13.7. The molecule has 0 radical (unpaired) electrons. The Morgan fingerprint density at radius 1 is 1.03 bits per heavy atom. The third-order valence-electron chi connectivity index (χ3n) is 6.39. The number of thiophene rings is 1. The van der Waals surface area contributed by atoms with E-state index in [2.05, 4.69) is 26.0 Å². The average Bonchev–Trinajstić information content (AvgIpc) is 3.63. The van der Waals surface area contributed by atoms with E-state index >= 15 is 0 Å². The molecule has 0 atom stereocenters. The van der Waals surface area contributed by atoms with Gasteiger partial charge in [-0.2, -0.15) is 14.4 Å². The van der Waals surface area contributed by atoms with E-state index in [0.29, 0.717) is 30.2 Å². The van der Waals surface area contributed by atoms with E-state index in [0.717, 1.165) is 25.1 Å². The van der Waals surface area contributed by atoms with Gasteiger partial charge in [0.1, 0.15) is 0 Å². The lowest BCUT2D eigenvalue weighted by Crippen LogP contribution is -2.36. The van der Waals surface area contributed by atoms with Crippen molar-refractivity contribution >= 4 is 76.1 Å². The van der Waals surface area contributed by atoms with Crippen LogP contribution in [0.1, 0.15) is 26.4 Å². The molecule has 0 saturated carbocycles. The van der Waals surface area contributed by atoms with Gasteiger partial charge in [-0.05, 0) is 71.5 Å². The molecule has 0 N–H and O–H groups in total. The van der Waals surface area contributed by atoms with Gasteiger partial charge in [0.2, 0.25) is 15.2 Å². The van der Waals surface area contributed by atoms with E-state index in [1.807, 2.05) is 60.0 Å². The van der Waals surface area contributed by atoms with Gasteiger partial charge in [0, 0.05) is 28.0 Å². The first-order valence-electron chi connectivity index (χ1n) is 12.0. The molecule has 196 valence electrons. The Hall–Kier alpha value is -3.22. The minimum atomic E-state index is -3.72. The zero-order valence-corrected chi connectivity index (χ0v) is 24.4. The Kier molecular flexibility index (Phi) is 7.17. The topological polar surface area (TPSA) is 82.9 Å². The fourth-order valence-electron chi connectivity index (χ4n) is 4.36. The molecule has 6 rings (SSSR count). The Labute approximate surface area is 242 Å². The molecule has 39 heavy (non-hydrogen) atoms. The highest BCUT2D eigenvalue weighted by Gasteiger charge is 2.29. The number of hydrogen-bond donors (Lipinski definition) is 0. The minimum Gasteiger partial charge on any atom is -0.267 e. The summed E-state index contributed by atoms with van der Waals surface area (Å²) in [4.78, 5) is 19.3. The standard InChI is InChI=1S/C28H21BrN4O3S3/c29-22-9-12-25-26(16-22)38-28(31-25)33(30-17-23-6-3-15-37-23)27(34)20-7-10-24(11-8-20)39(35,36)32-14-13-19-4-1-2-5-21(19)18-32/h1-12,15-17H,13-14,18H2/b30-17+. The molecule has 1 amide bonds. The van der Waals surface area contributed by atoms with Crippen LogP contribution in [0.5, 0.6) is 0 Å². The molecule has 5 aromatic rings. The summed E-state index contributed by atoms with van der Waals surface area (Å²) in [5.41, 5.74) is 3.25. The first kappa shape index (κ1) is 26.0. The predicted octanol–water partition coefficient (Wildman–Crippen LogP) is 6.55. The second-order valence-corrected chi connectivity index (χ2v) is 13.7. The van der Waals surface area contributed by atoms with Gasteiger partial charge in [-0.15, -0.1) is 11.3 Å². The molecule has 7 nitrogen and oxygen atoms in total. The quantitative estimate of drug-likeness (QED) is 0.156. The van der Waals surface area contributed by atoms with Crippen molar-refractivity contribution in [1.29, 1.82) is 0 Å². The van der Waals surface area contributed by atoms with Crippen LogP contribution in [-0.2, 0) is 23.0 Å². The van der Waals surface area contributed by atoms with Gasteiger partial charge >= 0.3 is 0 Å². The summed E-state index contributed by atoms with van der Waals surface area (Å²) in [5.74, 6) is -0.406. The molecule has 3 heterocycles. The second kappa shape index (κ2) is 10.7. The zero-order chi connectivity index (χ0) is 27.0. The fourth-order valence-corrected chi connectivity index (χ4v) is 7.83. The number of nitrogens with zero attached hydrogens (tertiary/aromatic N) is 4. The van der Waals surface area contributed by atoms with Gasteiger partial charge in [-0.3, -0.25) is 4.79 Å². The van der Waals surface area contributed by atoms with Crippen LogP contribution in [0, 0.1) is 0 Å². The van der Waals surface area contributed by atoms with Crippen molar-refractivity contribution in [2.75, 3.05) is 11.6 Å². The highest BCUT2D eigenvalue weighted by atomic mass is 79.9. The Morgan fingerprint density at radius 2 is 1.82 bits per heavy atom. The van der Waals surface area contributed by atoms with Crippen molar-refractivity contribution in [1.82, 2.24) is 9.29 Å². The molecule has 0 saturated heterocycles. The maximum atomic E-state index is 13.7. The molecule has 0 bridgehead atoms. The van der Waals surface area contributed by atoms with Crippen molar-refractivity contribution in [3.8, 4) is 0 Å². The normalized spacial score (nSPS) is 14.1. The highest BCUT2D eigenvalue weighted by molar-refractivity contribution is 9.10. The number of benzene rings is 3. The lowest BCUT2D eigenvalue weighted by molar-refractivity contribution is 0.0987. The van der Waals surface area contributed by atoms with Gasteiger partial charge in [-0.1, -0.05) is 57.6 Å². The molecule has 11 heteroatoms. The summed E-state index contributed by atoms with van der Waals surface area (Å²) >= 11 is 6.34. The van der Waals surface area contributed by atoms with E-state index in [-0.39, 0.29) is 4.90 Å². The number of aromatic nitrogens is 1. The van der Waals surface area contributed by atoms with Crippen molar-refractivity contribution in [3.63, 3.8) is 0 Å². The summed E-state index contributed by atoms with van der Waals surface area (Å²) in [6.07, 6.45) is 2.29. The van der Waals surface area contributed by atoms with Crippen LogP contribution in [-0.4, -0.2) is 36.4 Å². The Bertz CT molecular complexity index is 1800. The molecule has 3 aromatic carbocycles. The number of carbonyl (C=O) groups excluding carboxylic acids is 1. The van der Waals surface area contributed by atoms with Crippen LogP contribution in [0.3, 0.4) is 0 Å². The number of rotatable bonds is 6. The first-order chi connectivity index (χ1) is 18.9. The average molecular weight is 638 g/mol. The van der Waals surface area contributed by atoms with E-state index in [9.17, 15) is 13.2 Å². The smallest absolute Gasteiger partial charge is 0.267 e. The number of anilines is 1. The van der Waals surface area contributed by atoms with Gasteiger partial charge in [0.25, 0.3) is 5.91 Å². The van der Waals surface area contributed by atoms with Crippen LogP contribution >= 0.6 is 38.6 Å². The second-order valence-electron chi connectivity index (χ2n) is 8.87. The van der Waals surface area contributed by atoms with E-state index < -0.39 is 15.9 Å². The van der Waals surface area contributed by atoms with Crippen molar-refractivity contribution in [3.05, 3.63) is 110 Å². The zero-order valence-electron chi connectivity index (χ0n) is 20.4. The number of sulfonamides is 1. The van der Waals surface area contributed by atoms with Crippen LogP contribution < -0.4 is 5.01 Å². The predicted molar refractivity (Wildman–Crippen MR) is 160 cm³/mol. The van der Waals surface area contributed by atoms with Crippen LogP contribution in [0.25, 0.3) is 10.2 Å². The third-order valence-corrected chi connectivity index (χ3v) is 10.5. The monoisotopic (exact) mass is 636 g/mol. The summed E-state index contributed by atoms with van der Waals surface area (Å²) < 4.78 is 30.1. The van der Waals surface area contributed by atoms with Gasteiger partial charge in [-0.25, -0.2) is 13.4 Å². The summed E-state index contributed by atoms with van der Waals surface area (Å²) in [6.45, 7) is 0.747. The van der Waals surface area contributed by atoms with Crippen LogP contribution in [0.4, 0.5) is 5.13 Å². The van der Waals surface area contributed by atoms with Crippen molar-refractivity contribution in [2.45, 2.75) is 17.9 Å². The Morgan fingerprint density at radius 3 is 2.59 bits per heavy atom. The van der Waals surface area contributed by atoms with Gasteiger partial charge in [0.05, 0.1) is 21.3 Å². The minimum absolute atomic E-state index is 0.150. The Balaban J connectivity index is 1.29. The lowest BCUT2D eigenvalue weighted by atomic mass is 10.0. The van der Waals surface area contributed by atoms with Gasteiger partial charge < -0.3 is 0 Å². The molecule has 1 aliphatic heterocycles. The van der Waals surface area contributed by atoms with Gasteiger partial charge in [0.15, 0.2) is 0 Å².